The van der Waals surface area contributed by atoms with Crippen molar-refractivity contribution < 1.29 is 0 Å². The summed E-state index contributed by atoms with van der Waals surface area (Å²) in [5.41, 5.74) is 2.74. The summed E-state index contributed by atoms with van der Waals surface area (Å²) in [5, 5.41) is 6.88. The molecule has 3 heteroatoms. The second kappa shape index (κ2) is 4.99. The van der Waals surface area contributed by atoms with Crippen molar-refractivity contribution in [2.75, 3.05) is 25.0 Å². The smallest absolute Gasteiger partial charge is 0.0376 e. The molecule has 2 rings (SSSR count). The predicted octanol–water partition coefficient (Wildman–Crippen LogP) is 2.96. The number of likely N-dealkylation sites (N-methyl/N-ethyl adjacent to an activating group) is 1. The third-order valence-electron chi connectivity index (χ3n) is 2.90. The molecule has 2 N–H and O–H groups in total. The molecular formula is C12H17BrN2. The van der Waals surface area contributed by atoms with Crippen LogP contribution in [0.1, 0.15) is 24.8 Å². The number of halogens is 1. The molecule has 2 nitrogen and oxygen atoms in total. The summed E-state index contributed by atoms with van der Waals surface area (Å²) in [5.74, 6) is 0.652. The van der Waals surface area contributed by atoms with Crippen molar-refractivity contribution in [3.8, 4) is 0 Å². The lowest BCUT2D eigenvalue weighted by Gasteiger charge is -2.27. The van der Waals surface area contributed by atoms with E-state index in [1.807, 2.05) is 0 Å². The highest BCUT2D eigenvalue weighted by molar-refractivity contribution is 9.10. The fourth-order valence-electron chi connectivity index (χ4n) is 2.10. The van der Waals surface area contributed by atoms with Crippen molar-refractivity contribution in [1.29, 1.82) is 0 Å². The highest BCUT2D eigenvalue weighted by atomic mass is 79.9. The average molecular weight is 269 g/mol. The summed E-state index contributed by atoms with van der Waals surface area (Å²) in [6.45, 7) is 5.38. The van der Waals surface area contributed by atoms with Gasteiger partial charge in [-0.25, -0.2) is 0 Å². The van der Waals surface area contributed by atoms with Crippen molar-refractivity contribution in [2.45, 2.75) is 19.3 Å². The molecule has 15 heavy (non-hydrogen) atoms. The van der Waals surface area contributed by atoms with Crippen LogP contribution in [-0.4, -0.2) is 19.6 Å². The molecule has 1 aromatic carbocycles. The first-order valence-electron chi connectivity index (χ1n) is 5.55. The molecule has 0 spiro atoms. The van der Waals surface area contributed by atoms with Gasteiger partial charge in [-0.2, -0.15) is 0 Å². The average Bonchev–Trinajstić information content (AvgIpc) is 2.26. The highest BCUT2D eigenvalue weighted by Crippen LogP contribution is 2.33. The van der Waals surface area contributed by atoms with Crippen LogP contribution in [0.15, 0.2) is 22.7 Å². The van der Waals surface area contributed by atoms with Gasteiger partial charge in [0.1, 0.15) is 0 Å². The minimum absolute atomic E-state index is 0.652. The number of benzene rings is 1. The van der Waals surface area contributed by atoms with Crippen molar-refractivity contribution >= 4 is 21.6 Å². The van der Waals surface area contributed by atoms with Gasteiger partial charge in [0.25, 0.3) is 0 Å². The van der Waals surface area contributed by atoms with Crippen molar-refractivity contribution in [3.63, 3.8) is 0 Å². The molecular weight excluding hydrogens is 252 g/mol. The van der Waals surface area contributed by atoms with Gasteiger partial charge in [0.2, 0.25) is 0 Å². The van der Waals surface area contributed by atoms with Gasteiger partial charge in [0.05, 0.1) is 0 Å². The van der Waals surface area contributed by atoms with Crippen molar-refractivity contribution in [2.24, 2.45) is 0 Å². The molecule has 1 aliphatic rings. The Morgan fingerprint density at radius 2 is 2.40 bits per heavy atom. The molecule has 1 unspecified atom stereocenters. The lowest BCUT2D eigenvalue weighted by atomic mass is 9.91. The van der Waals surface area contributed by atoms with E-state index in [-0.39, 0.29) is 0 Å². The molecule has 0 bridgehead atoms. The van der Waals surface area contributed by atoms with E-state index in [1.54, 1.807) is 0 Å². The maximum atomic E-state index is 3.54. The zero-order chi connectivity index (χ0) is 10.7. The van der Waals surface area contributed by atoms with E-state index in [2.05, 4.69) is 51.7 Å². The quantitative estimate of drug-likeness (QED) is 0.881. The molecule has 82 valence electrons. The third kappa shape index (κ3) is 2.52. The van der Waals surface area contributed by atoms with E-state index in [0.717, 1.165) is 19.6 Å². The third-order valence-corrected chi connectivity index (χ3v) is 3.40. The Labute approximate surface area is 99.6 Å². The maximum absolute atomic E-state index is 3.54. The molecule has 1 atom stereocenters. The first-order valence-corrected chi connectivity index (χ1v) is 6.34. The van der Waals surface area contributed by atoms with Crippen molar-refractivity contribution in [3.05, 3.63) is 28.2 Å². The van der Waals surface area contributed by atoms with E-state index in [1.165, 1.54) is 22.1 Å². The summed E-state index contributed by atoms with van der Waals surface area (Å²) in [7, 11) is 0. The monoisotopic (exact) mass is 268 g/mol. The zero-order valence-corrected chi connectivity index (χ0v) is 10.6. The normalized spacial score (nSPS) is 19.5. The van der Waals surface area contributed by atoms with Crippen LogP contribution in [0.25, 0.3) is 0 Å². The van der Waals surface area contributed by atoms with Crippen LogP contribution in [0, 0.1) is 0 Å². The molecule has 0 saturated carbocycles. The predicted molar refractivity (Wildman–Crippen MR) is 68.5 cm³/mol. The molecule has 0 aliphatic carbocycles. The number of hydrogen-bond acceptors (Lipinski definition) is 2. The summed E-state index contributed by atoms with van der Waals surface area (Å²) in [6.07, 6.45) is 1.22. The van der Waals surface area contributed by atoms with Gasteiger partial charge < -0.3 is 10.6 Å². The zero-order valence-electron chi connectivity index (χ0n) is 9.02. The van der Waals surface area contributed by atoms with Crippen LogP contribution in [0.2, 0.25) is 0 Å². The Balaban J connectivity index is 2.20. The van der Waals surface area contributed by atoms with Crippen LogP contribution in [0.5, 0.6) is 0 Å². The van der Waals surface area contributed by atoms with E-state index < -0.39 is 0 Å². The van der Waals surface area contributed by atoms with Crippen LogP contribution in [-0.2, 0) is 0 Å². The minimum Gasteiger partial charge on any atom is -0.385 e. The minimum atomic E-state index is 0.652. The lowest BCUT2D eigenvalue weighted by molar-refractivity contribution is 0.563. The van der Waals surface area contributed by atoms with Crippen molar-refractivity contribution in [1.82, 2.24) is 5.32 Å². The molecule has 1 aliphatic heterocycles. The molecule has 0 aromatic heterocycles. The topological polar surface area (TPSA) is 24.1 Å². The Morgan fingerprint density at radius 1 is 1.53 bits per heavy atom. The van der Waals surface area contributed by atoms with E-state index in [0.29, 0.717) is 5.92 Å². The maximum Gasteiger partial charge on any atom is 0.0376 e. The highest BCUT2D eigenvalue weighted by Gasteiger charge is 2.19. The van der Waals surface area contributed by atoms with Crippen LogP contribution in [0.4, 0.5) is 5.69 Å². The van der Waals surface area contributed by atoms with Gasteiger partial charge in [-0.15, -0.1) is 0 Å². The largest absolute Gasteiger partial charge is 0.385 e. The van der Waals surface area contributed by atoms with Gasteiger partial charge in [0, 0.05) is 29.2 Å². The summed E-state index contributed by atoms with van der Waals surface area (Å²) in [4.78, 5) is 0. The fourth-order valence-corrected chi connectivity index (χ4v) is 2.48. The van der Waals surface area contributed by atoms with Crippen LogP contribution >= 0.6 is 15.9 Å². The number of hydrogen-bond donors (Lipinski definition) is 2. The van der Waals surface area contributed by atoms with Gasteiger partial charge in [-0.1, -0.05) is 22.9 Å². The molecule has 0 saturated heterocycles. The standard InChI is InChI=1S/C12H17BrN2/c1-2-14-8-9-5-6-15-12-4-3-10(13)7-11(9)12/h3-4,7,9,14-15H,2,5-6,8H2,1H3. The Morgan fingerprint density at radius 3 is 3.20 bits per heavy atom. The number of nitrogens with one attached hydrogen (secondary N) is 2. The summed E-state index contributed by atoms with van der Waals surface area (Å²) in [6, 6.07) is 6.50. The first kappa shape index (κ1) is 11.0. The summed E-state index contributed by atoms with van der Waals surface area (Å²) < 4.78 is 1.17. The van der Waals surface area contributed by atoms with Gasteiger partial charge in [-0.3, -0.25) is 0 Å². The Hall–Kier alpha value is -0.540. The molecule has 0 radical (unpaired) electrons. The van der Waals surface area contributed by atoms with E-state index >= 15 is 0 Å². The fraction of sp³-hybridized carbons (Fsp3) is 0.500. The summed E-state index contributed by atoms with van der Waals surface area (Å²) >= 11 is 3.54. The number of rotatable bonds is 3. The van der Waals surface area contributed by atoms with Gasteiger partial charge in [0.15, 0.2) is 0 Å². The molecule has 0 fully saturated rings. The Kier molecular flexibility index (Phi) is 3.65. The number of anilines is 1. The molecule has 1 aromatic rings. The van der Waals surface area contributed by atoms with E-state index in [9.17, 15) is 0 Å². The Bertz CT molecular complexity index is 338. The second-order valence-corrected chi connectivity index (χ2v) is 4.87. The number of fused-ring (bicyclic) bond motifs is 1. The molecule has 0 amide bonds. The SMILES string of the molecule is CCNCC1CCNc2ccc(Br)cc21. The van der Waals surface area contributed by atoms with Crippen LogP contribution in [0.3, 0.4) is 0 Å². The van der Waals surface area contributed by atoms with Crippen LogP contribution < -0.4 is 10.6 Å². The first-order chi connectivity index (χ1) is 7.31. The second-order valence-electron chi connectivity index (χ2n) is 3.95. The lowest BCUT2D eigenvalue weighted by Crippen LogP contribution is -2.26. The molecule has 1 heterocycles. The van der Waals surface area contributed by atoms with E-state index in [4.69, 9.17) is 0 Å². The van der Waals surface area contributed by atoms with Gasteiger partial charge in [-0.05, 0) is 36.7 Å². The van der Waals surface area contributed by atoms with Gasteiger partial charge >= 0.3 is 0 Å².